The molecular weight excluding hydrogens is 316 g/mol. The minimum absolute atomic E-state index is 0.0861. The maximum atomic E-state index is 12.5. The Kier molecular flexibility index (Phi) is 7.91. The first-order chi connectivity index (χ1) is 10.8. The Hall–Kier alpha value is -1.73. The number of benzene rings is 1. The summed E-state index contributed by atoms with van der Waals surface area (Å²) in [5.41, 5.74) is 0.327. The van der Waals surface area contributed by atoms with Gasteiger partial charge in [-0.25, -0.2) is 8.51 Å². The fraction of sp³-hybridized carbons (Fsp3) is 0.500. The monoisotopic (exact) mass is 340 g/mol. The van der Waals surface area contributed by atoms with Gasteiger partial charge in [0.25, 0.3) is 0 Å². The predicted octanol–water partition coefficient (Wildman–Crippen LogP) is 1.24. The van der Waals surface area contributed by atoms with Crippen LogP contribution in [0.1, 0.15) is 26.3 Å². The van der Waals surface area contributed by atoms with Crippen LogP contribution in [-0.4, -0.2) is 46.1 Å². The third kappa shape index (κ3) is 8.47. The Balaban J connectivity index is 2.68. The van der Waals surface area contributed by atoms with Gasteiger partial charge in [-0.05, 0) is 26.3 Å². The lowest BCUT2D eigenvalue weighted by Gasteiger charge is -2.24. The summed E-state index contributed by atoms with van der Waals surface area (Å²) in [4.78, 5) is 22.3. The van der Waals surface area contributed by atoms with Crippen LogP contribution in [0.25, 0.3) is 0 Å². The Morgan fingerprint density at radius 1 is 1.30 bits per heavy atom. The molecule has 0 saturated heterocycles. The highest BCUT2D eigenvalue weighted by Gasteiger charge is 2.22. The zero-order chi connectivity index (χ0) is 17.3. The van der Waals surface area contributed by atoms with Crippen molar-refractivity contribution in [3.05, 3.63) is 35.9 Å². The fourth-order valence-electron chi connectivity index (χ4n) is 1.83. The molecule has 0 aromatic heterocycles. The molecule has 128 valence electrons. The SMILES string of the molecule is CC(C)(C)OC(=O)CN(CCNC=O)S(=O)Cc1ccccc1. The molecule has 1 amide bonds. The molecule has 0 fully saturated rings. The molecule has 1 atom stereocenters. The van der Waals surface area contributed by atoms with E-state index in [1.807, 2.05) is 30.3 Å². The van der Waals surface area contributed by atoms with Gasteiger partial charge in [0.2, 0.25) is 6.41 Å². The highest BCUT2D eigenvalue weighted by molar-refractivity contribution is 7.81. The van der Waals surface area contributed by atoms with Crippen molar-refractivity contribution in [3.63, 3.8) is 0 Å². The summed E-state index contributed by atoms with van der Waals surface area (Å²) in [6.07, 6.45) is 0.575. The zero-order valence-corrected chi connectivity index (χ0v) is 14.6. The average Bonchev–Trinajstić information content (AvgIpc) is 2.45. The van der Waals surface area contributed by atoms with Crippen LogP contribution in [-0.2, 0) is 31.1 Å². The summed E-state index contributed by atoms with van der Waals surface area (Å²) in [7, 11) is -1.38. The summed E-state index contributed by atoms with van der Waals surface area (Å²) in [5, 5.41) is 2.51. The van der Waals surface area contributed by atoms with E-state index in [-0.39, 0.29) is 6.54 Å². The Labute approximate surface area is 139 Å². The highest BCUT2D eigenvalue weighted by Crippen LogP contribution is 2.10. The number of nitrogens with one attached hydrogen (secondary N) is 1. The molecular formula is C16H24N2O4S. The van der Waals surface area contributed by atoms with Gasteiger partial charge in [0.1, 0.15) is 12.1 Å². The van der Waals surface area contributed by atoms with E-state index < -0.39 is 22.6 Å². The molecule has 0 heterocycles. The lowest BCUT2D eigenvalue weighted by molar-refractivity contribution is -0.154. The van der Waals surface area contributed by atoms with E-state index >= 15 is 0 Å². The second kappa shape index (κ2) is 9.42. The van der Waals surface area contributed by atoms with Crippen LogP contribution in [0.2, 0.25) is 0 Å². The number of carbonyl (C=O) groups is 2. The van der Waals surface area contributed by atoms with Crippen LogP contribution in [0.4, 0.5) is 0 Å². The normalized spacial score (nSPS) is 12.7. The molecule has 23 heavy (non-hydrogen) atoms. The van der Waals surface area contributed by atoms with Crippen LogP contribution in [0.5, 0.6) is 0 Å². The van der Waals surface area contributed by atoms with Crippen LogP contribution in [0.15, 0.2) is 30.3 Å². The van der Waals surface area contributed by atoms with Gasteiger partial charge in [0.15, 0.2) is 0 Å². The van der Waals surface area contributed by atoms with E-state index in [2.05, 4.69) is 5.32 Å². The van der Waals surface area contributed by atoms with Crippen LogP contribution in [0.3, 0.4) is 0 Å². The molecule has 6 nitrogen and oxygen atoms in total. The second-order valence-corrected chi connectivity index (χ2v) is 7.42. The first kappa shape index (κ1) is 19.3. The number of ether oxygens (including phenoxy) is 1. The van der Waals surface area contributed by atoms with E-state index in [9.17, 15) is 13.8 Å². The number of rotatable bonds is 9. The van der Waals surface area contributed by atoms with Crippen molar-refractivity contribution in [2.75, 3.05) is 19.6 Å². The largest absolute Gasteiger partial charge is 0.459 e. The molecule has 0 aliphatic carbocycles. The minimum atomic E-state index is -1.38. The van der Waals surface area contributed by atoms with Crippen LogP contribution < -0.4 is 5.32 Å². The molecule has 0 spiro atoms. The molecule has 0 aliphatic heterocycles. The van der Waals surface area contributed by atoms with Crippen molar-refractivity contribution in [3.8, 4) is 0 Å². The molecule has 1 aromatic carbocycles. The molecule has 0 radical (unpaired) electrons. The molecule has 1 N–H and O–H groups in total. The number of hydrogen-bond donors (Lipinski definition) is 1. The van der Waals surface area contributed by atoms with Crippen molar-refractivity contribution >= 4 is 23.4 Å². The number of carbonyl (C=O) groups excluding carboxylic acids is 2. The van der Waals surface area contributed by atoms with E-state index in [1.54, 1.807) is 20.8 Å². The summed E-state index contributed by atoms with van der Waals surface area (Å²) >= 11 is 0. The number of amides is 1. The zero-order valence-electron chi connectivity index (χ0n) is 13.8. The highest BCUT2D eigenvalue weighted by atomic mass is 32.2. The van der Waals surface area contributed by atoms with E-state index in [0.717, 1.165) is 5.56 Å². The van der Waals surface area contributed by atoms with Crippen LogP contribution in [0, 0.1) is 0 Å². The van der Waals surface area contributed by atoms with E-state index in [1.165, 1.54) is 4.31 Å². The Bertz CT molecular complexity index is 529. The third-order valence-electron chi connectivity index (χ3n) is 2.74. The molecule has 1 unspecified atom stereocenters. The average molecular weight is 340 g/mol. The quantitative estimate of drug-likeness (QED) is 0.417. The lowest BCUT2D eigenvalue weighted by atomic mass is 10.2. The number of esters is 1. The van der Waals surface area contributed by atoms with Crippen molar-refractivity contribution in [2.45, 2.75) is 32.1 Å². The predicted molar refractivity (Wildman–Crippen MR) is 89.8 cm³/mol. The molecule has 0 saturated carbocycles. The van der Waals surface area contributed by atoms with Crippen molar-refractivity contribution < 1.29 is 18.5 Å². The Morgan fingerprint density at radius 2 is 1.96 bits per heavy atom. The summed E-state index contributed by atoms with van der Waals surface area (Å²) in [6.45, 7) is 5.87. The van der Waals surface area contributed by atoms with Crippen LogP contribution >= 0.6 is 0 Å². The lowest BCUT2D eigenvalue weighted by Crippen LogP contribution is -2.39. The van der Waals surface area contributed by atoms with Gasteiger partial charge in [-0.3, -0.25) is 9.59 Å². The van der Waals surface area contributed by atoms with E-state index in [0.29, 0.717) is 25.3 Å². The Morgan fingerprint density at radius 3 is 2.52 bits per heavy atom. The number of hydrogen-bond acceptors (Lipinski definition) is 4. The summed E-state index contributed by atoms with van der Waals surface area (Å²) in [5.74, 6) is -0.130. The van der Waals surface area contributed by atoms with Gasteiger partial charge < -0.3 is 10.1 Å². The summed E-state index contributed by atoms with van der Waals surface area (Å²) < 4.78 is 19.3. The smallest absolute Gasteiger partial charge is 0.321 e. The summed E-state index contributed by atoms with van der Waals surface area (Å²) in [6, 6.07) is 9.40. The maximum Gasteiger partial charge on any atom is 0.321 e. The molecule has 1 aromatic rings. The topological polar surface area (TPSA) is 75.7 Å². The van der Waals surface area contributed by atoms with Gasteiger partial charge in [0.05, 0.1) is 16.7 Å². The third-order valence-corrected chi connectivity index (χ3v) is 4.20. The first-order valence-electron chi connectivity index (χ1n) is 7.38. The van der Waals surface area contributed by atoms with Gasteiger partial charge in [0, 0.05) is 13.1 Å². The van der Waals surface area contributed by atoms with Gasteiger partial charge in [-0.15, -0.1) is 0 Å². The molecule has 0 bridgehead atoms. The maximum absolute atomic E-state index is 12.5. The van der Waals surface area contributed by atoms with Crippen molar-refractivity contribution in [2.24, 2.45) is 0 Å². The van der Waals surface area contributed by atoms with Gasteiger partial charge in [-0.1, -0.05) is 30.3 Å². The number of nitrogens with zero attached hydrogens (tertiary/aromatic N) is 1. The van der Waals surface area contributed by atoms with E-state index in [4.69, 9.17) is 4.74 Å². The molecule has 0 aliphatic rings. The van der Waals surface area contributed by atoms with Crippen molar-refractivity contribution in [1.29, 1.82) is 0 Å². The van der Waals surface area contributed by atoms with Gasteiger partial charge in [-0.2, -0.15) is 0 Å². The molecule has 1 rings (SSSR count). The van der Waals surface area contributed by atoms with Crippen molar-refractivity contribution in [1.82, 2.24) is 9.62 Å². The second-order valence-electron chi connectivity index (χ2n) is 5.97. The standard InChI is InChI=1S/C16H24N2O4S/c1-16(2,3)22-15(20)11-18(10-9-17-13-19)23(21)12-14-7-5-4-6-8-14/h4-8,13H,9-12H2,1-3H3,(H,17,19). The van der Waals surface area contributed by atoms with Gasteiger partial charge >= 0.3 is 5.97 Å². The molecule has 7 heteroatoms. The minimum Gasteiger partial charge on any atom is -0.459 e. The first-order valence-corrected chi connectivity index (χ1v) is 8.65. The fourth-order valence-corrected chi connectivity index (χ4v) is 3.03.